The van der Waals surface area contributed by atoms with Gasteiger partial charge in [0.15, 0.2) is 0 Å². The average Bonchev–Trinajstić information content (AvgIpc) is 3.14. The van der Waals surface area contributed by atoms with Gasteiger partial charge in [0.1, 0.15) is 5.75 Å². The van der Waals surface area contributed by atoms with Gasteiger partial charge in [-0.1, -0.05) is 48.5 Å². The topological polar surface area (TPSA) is 98.1 Å². The summed E-state index contributed by atoms with van der Waals surface area (Å²) in [5.74, 6) is 0.562. The Morgan fingerprint density at radius 3 is 2.76 bits per heavy atom. The molecule has 2 N–H and O–H groups in total. The Bertz CT molecular complexity index is 1070. The molecule has 0 unspecified atom stereocenters. The summed E-state index contributed by atoms with van der Waals surface area (Å²) >= 11 is 0. The largest absolute Gasteiger partial charge is 0.496 e. The number of nitrogens with zero attached hydrogens (tertiary/aromatic N) is 3. The van der Waals surface area contributed by atoms with E-state index in [1.807, 2.05) is 54.6 Å². The summed E-state index contributed by atoms with van der Waals surface area (Å²) in [5.41, 5.74) is 1.72. The SMILES string of the molecule is COc1ccccc1/C=C/C(=O)Nc1nc2n(n1)[C@H](c1ccccc1)CC(=O)N2. The van der Waals surface area contributed by atoms with E-state index in [0.717, 1.165) is 11.1 Å². The van der Waals surface area contributed by atoms with Crippen molar-refractivity contribution in [1.82, 2.24) is 14.8 Å². The van der Waals surface area contributed by atoms with Gasteiger partial charge in [0, 0.05) is 11.6 Å². The molecule has 0 aliphatic carbocycles. The van der Waals surface area contributed by atoms with Crippen LogP contribution in [0.3, 0.4) is 0 Å². The fraction of sp³-hybridized carbons (Fsp3) is 0.143. The molecule has 0 saturated heterocycles. The smallest absolute Gasteiger partial charge is 0.250 e. The summed E-state index contributed by atoms with van der Waals surface area (Å²) in [4.78, 5) is 28.6. The second-order valence-corrected chi connectivity index (χ2v) is 6.45. The molecule has 0 spiro atoms. The van der Waals surface area contributed by atoms with Gasteiger partial charge in [-0.3, -0.25) is 20.2 Å². The van der Waals surface area contributed by atoms with E-state index in [9.17, 15) is 9.59 Å². The maximum absolute atomic E-state index is 12.3. The van der Waals surface area contributed by atoms with Gasteiger partial charge in [-0.15, -0.1) is 5.10 Å². The number of nitrogens with one attached hydrogen (secondary N) is 2. The molecule has 4 rings (SSSR count). The maximum Gasteiger partial charge on any atom is 0.250 e. The van der Waals surface area contributed by atoms with Crippen molar-refractivity contribution < 1.29 is 14.3 Å². The van der Waals surface area contributed by atoms with Gasteiger partial charge in [0.25, 0.3) is 11.9 Å². The highest BCUT2D eigenvalue weighted by atomic mass is 16.5. The van der Waals surface area contributed by atoms with E-state index in [2.05, 4.69) is 20.7 Å². The molecule has 1 aliphatic rings. The first-order valence-corrected chi connectivity index (χ1v) is 9.07. The summed E-state index contributed by atoms with van der Waals surface area (Å²) in [6.45, 7) is 0. The average molecular weight is 389 g/mol. The van der Waals surface area contributed by atoms with Gasteiger partial charge in [0.2, 0.25) is 11.9 Å². The van der Waals surface area contributed by atoms with Crippen LogP contribution in [0, 0.1) is 0 Å². The van der Waals surface area contributed by atoms with E-state index in [1.54, 1.807) is 17.9 Å². The molecule has 2 heterocycles. The number of benzene rings is 2. The van der Waals surface area contributed by atoms with Gasteiger partial charge in [-0.2, -0.15) is 4.98 Å². The Morgan fingerprint density at radius 1 is 1.21 bits per heavy atom. The molecule has 0 fully saturated rings. The number of amides is 2. The standard InChI is InChI=1S/C21H19N5O3/c1-29-17-10-6-5-9-15(17)11-12-18(27)22-20-24-21-23-19(28)13-16(26(21)25-20)14-7-3-2-4-8-14/h2-12,16H,13H2,1H3,(H2,22,23,24,25,27,28)/b12-11+/t16-/m0/s1. The number of anilines is 2. The van der Waals surface area contributed by atoms with Crippen LogP contribution in [0.25, 0.3) is 6.08 Å². The molecule has 3 aromatic rings. The molecule has 0 saturated carbocycles. The van der Waals surface area contributed by atoms with Gasteiger partial charge in [-0.25, -0.2) is 4.68 Å². The van der Waals surface area contributed by atoms with Crippen LogP contribution in [0.15, 0.2) is 60.7 Å². The number of para-hydroxylation sites is 1. The number of hydrogen-bond donors (Lipinski definition) is 2. The van der Waals surface area contributed by atoms with Crippen molar-refractivity contribution in [2.75, 3.05) is 17.7 Å². The Hall–Kier alpha value is -3.94. The first kappa shape index (κ1) is 18.4. The molecule has 2 aromatic carbocycles. The van der Waals surface area contributed by atoms with Crippen molar-refractivity contribution in [2.45, 2.75) is 12.5 Å². The van der Waals surface area contributed by atoms with Crippen molar-refractivity contribution in [3.63, 3.8) is 0 Å². The highest BCUT2D eigenvalue weighted by molar-refractivity contribution is 6.01. The van der Waals surface area contributed by atoms with Crippen LogP contribution in [0.5, 0.6) is 5.75 Å². The number of fused-ring (bicyclic) bond motifs is 1. The Kier molecular flexibility index (Phi) is 5.07. The molecular formula is C21H19N5O3. The quantitative estimate of drug-likeness (QED) is 0.654. The lowest BCUT2D eigenvalue weighted by Gasteiger charge is -2.23. The maximum atomic E-state index is 12.3. The van der Waals surface area contributed by atoms with E-state index in [0.29, 0.717) is 11.7 Å². The normalized spacial score (nSPS) is 15.6. The van der Waals surface area contributed by atoms with Crippen LogP contribution in [0.4, 0.5) is 11.9 Å². The van der Waals surface area contributed by atoms with Crippen LogP contribution < -0.4 is 15.4 Å². The van der Waals surface area contributed by atoms with Crippen molar-refractivity contribution in [3.8, 4) is 5.75 Å². The van der Waals surface area contributed by atoms with Gasteiger partial charge in [0.05, 0.1) is 19.6 Å². The molecule has 8 nitrogen and oxygen atoms in total. The fourth-order valence-corrected chi connectivity index (χ4v) is 3.17. The monoisotopic (exact) mass is 389 g/mol. The zero-order chi connectivity index (χ0) is 20.2. The zero-order valence-electron chi connectivity index (χ0n) is 15.7. The number of aromatic nitrogens is 3. The van der Waals surface area contributed by atoms with Gasteiger partial charge in [-0.05, 0) is 17.7 Å². The van der Waals surface area contributed by atoms with E-state index >= 15 is 0 Å². The molecule has 1 atom stereocenters. The summed E-state index contributed by atoms with van der Waals surface area (Å²) in [5, 5.41) is 9.70. The molecule has 1 aromatic heterocycles. The fourth-order valence-electron chi connectivity index (χ4n) is 3.17. The minimum absolute atomic E-state index is 0.123. The molecule has 0 radical (unpaired) electrons. The lowest BCUT2D eigenvalue weighted by atomic mass is 10.0. The predicted molar refractivity (Wildman–Crippen MR) is 109 cm³/mol. The lowest BCUT2D eigenvalue weighted by molar-refractivity contribution is -0.117. The molecule has 8 heteroatoms. The number of carbonyl (C=O) groups excluding carboxylic acids is 2. The molecular weight excluding hydrogens is 370 g/mol. The third kappa shape index (κ3) is 4.01. The zero-order valence-corrected chi connectivity index (χ0v) is 15.7. The molecule has 2 amide bonds. The summed E-state index contributed by atoms with van der Waals surface area (Å²) in [6, 6.07) is 16.7. The second-order valence-electron chi connectivity index (χ2n) is 6.45. The van der Waals surface area contributed by atoms with Gasteiger partial charge < -0.3 is 4.74 Å². The van der Waals surface area contributed by atoms with E-state index in [-0.39, 0.29) is 30.2 Å². The highest BCUT2D eigenvalue weighted by Gasteiger charge is 2.29. The molecule has 1 aliphatic heterocycles. The Labute approximate surface area is 167 Å². The number of rotatable bonds is 5. The van der Waals surface area contributed by atoms with Crippen molar-refractivity contribution in [2.24, 2.45) is 0 Å². The van der Waals surface area contributed by atoms with E-state index in [4.69, 9.17) is 4.74 Å². The van der Waals surface area contributed by atoms with Crippen LogP contribution in [-0.2, 0) is 9.59 Å². The van der Waals surface area contributed by atoms with Crippen LogP contribution in [0.1, 0.15) is 23.6 Å². The first-order chi connectivity index (χ1) is 14.1. The van der Waals surface area contributed by atoms with Crippen molar-refractivity contribution >= 4 is 29.8 Å². The summed E-state index contributed by atoms with van der Waals surface area (Å²) < 4.78 is 6.89. The lowest BCUT2D eigenvalue weighted by Crippen LogP contribution is -2.29. The van der Waals surface area contributed by atoms with Crippen molar-refractivity contribution in [1.29, 1.82) is 0 Å². The van der Waals surface area contributed by atoms with Crippen LogP contribution >= 0.6 is 0 Å². The van der Waals surface area contributed by atoms with E-state index < -0.39 is 0 Å². The van der Waals surface area contributed by atoms with Crippen molar-refractivity contribution in [3.05, 3.63) is 71.8 Å². The highest BCUT2D eigenvalue weighted by Crippen LogP contribution is 2.29. The Morgan fingerprint density at radius 2 is 1.97 bits per heavy atom. The third-order valence-electron chi connectivity index (χ3n) is 4.53. The third-order valence-corrected chi connectivity index (χ3v) is 4.53. The first-order valence-electron chi connectivity index (χ1n) is 9.07. The van der Waals surface area contributed by atoms with Crippen LogP contribution in [-0.4, -0.2) is 33.7 Å². The minimum Gasteiger partial charge on any atom is -0.496 e. The number of carbonyl (C=O) groups is 2. The molecule has 0 bridgehead atoms. The predicted octanol–water partition coefficient (Wildman–Crippen LogP) is 2.87. The number of hydrogen-bond acceptors (Lipinski definition) is 5. The summed E-state index contributed by atoms with van der Waals surface area (Å²) in [6.07, 6.45) is 3.28. The molecule has 146 valence electrons. The Balaban J connectivity index is 1.53. The van der Waals surface area contributed by atoms with Gasteiger partial charge >= 0.3 is 0 Å². The second kappa shape index (κ2) is 7.97. The minimum atomic E-state index is -0.388. The van der Waals surface area contributed by atoms with E-state index in [1.165, 1.54) is 6.08 Å². The number of ether oxygens (including phenoxy) is 1. The molecule has 29 heavy (non-hydrogen) atoms. The summed E-state index contributed by atoms with van der Waals surface area (Å²) in [7, 11) is 1.57. The van der Waals surface area contributed by atoms with Crippen LogP contribution in [0.2, 0.25) is 0 Å². The number of methoxy groups -OCH3 is 1.